The van der Waals surface area contributed by atoms with Gasteiger partial charge in [0.05, 0.1) is 11.5 Å². The molecule has 1 rings (SSSR count). The summed E-state index contributed by atoms with van der Waals surface area (Å²) in [6.07, 6.45) is 0.754. The van der Waals surface area contributed by atoms with Crippen LogP contribution in [0.1, 0.15) is 48.6 Å². The fraction of sp³-hybridized carbons (Fsp3) is 0.643. The highest BCUT2D eigenvalue weighted by atomic mass is 32.1. The van der Waals surface area contributed by atoms with E-state index in [1.54, 1.807) is 11.3 Å². The van der Waals surface area contributed by atoms with Crippen molar-refractivity contribution in [1.82, 2.24) is 5.32 Å². The van der Waals surface area contributed by atoms with E-state index in [9.17, 15) is 4.79 Å². The molecule has 0 saturated heterocycles. The molecule has 0 fully saturated rings. The highest BCUT2D eigenvalue weighted by molar-refractivity contribution is 7.12. The molecule has 0 aliphatic carbocycles. The molecule has 0 bridgehead atoms. The van der Waals surface area contributed by atoms with E-state index in [1.165, 1.54) is 15.3 Å². The third-order valence-electron chi connectivity index (χ3n) is 3.67. The monoisotopic (exact) mass is 268 g/mol. The van der Waals surface area contributed by atoms with Crippen molar-refractivity contribution in [1.29, 1.82) is 0 Å². The van der Waals surface area contributed by atoms with E-state index in [0.717, 1.165) is 6.42 Å². The molecule has 1 heterocycles. The maximum atomic E-state index is 12.2. The summed E-state index contributed by atoms with van der Waals surface area (Å²) in [5, 5.41) is 3.08. The average Bonchev–Trinajstić information content (AvgIpc) is 2.67. The number of hydrogen-bond donors (Lipinski definition) is 2. The van der Waals surface area contributed by atoms with Crippen LogP contribution < -0.4 is 11.1 Å². The molecular weight excluding hydrogens is 244 g/mol. The molecule has 18 heavy (non-hydrogen) atoms. The Morgan fingerprint density at radius 1 is 1.56 bits per heavy atom. The first-order valence-electron chi connectivity index (χ1n) is 6.42. The van der Waals surface area contributed by atoms with E-state index < -0.39 is 5.41 Å². The third kappa shape index (κ3) is 3.12. The van der Waals surface area contributed by atoms with Gasteiger partial charge < -0.3 is 11.1 Å². The van der Waals surface area contributed by atoms with Gasteiger partial charge in [0, 0.05) is 16.3 Å². The fourth-order valence-corrected chi connectivity index (χ4v) is 2.95. The first kappa shape index (κ1) is 15.2. The molecule has 1 aromatic rings. The lowest BCUT2D eigenvalue weighted by atomic mass is 9.86. The maximum Gasteiger partial charge on any atom is 0.227 e. The van der Waals surface area contributed by atoms with Gasteiger partial charge in [-0.25, -0.2) is 0 Å². The number of aryl methyl sites for hydroxylation is 2. The maximum absolute atomic E-state index is 12.2. The van der Waals surface area contributed by atoms with Crippen LogP contribution in [0.25, 0.3) is 0 Å². The van der Waals surface area contributed by atoms with Crippen molar-refractivity contribution in [2.24, 2.45) is 11.1 Å². The van der Waals surface area contributed by atoms with Crippen LogP contribution in [0, 0.1) is 19.3 Å². The first-order chi connectivity index (χ1) is 8.34. The van der Waals surface area contributed by atoms with E-state index in [1.807, 2.05) is 20.8 Å². The van der Waals surface area contributed by atoms with Crippen molar-refractivity contribution in [3.63, 3.8) is 0 Å². The highest BCUT2D eigenvalue weighted by Crippen LogP contribution is 2.27. The Morgan fingerprint density at radius 3 is 2.56 bits per heavy atom. The zero-order chi connectivity index (χ0) is 13.9. The molecule has 2 atom stereocenters. The molecule has 0 aliphatic heterocycles. The number of thiophene rings is 1. The molecule has 0 spiro atoms. The SMILES string of the molecule is CCC(C)(CN)C(=O)NC(C)c1cc(C)sc1C. The third-order valence-corrected chi connectivity index (χ3v) is 4.65. The van der Waals surface area contributed by atoms with Gasteiger partial charge in [0.25, 0.3) is 0 Å². The smallest absolute Gasteiger partial charge is 0.227 e. The molecule has 2 unspecified atom stereocenters. The summed E-state index contributed by atoms with van der Waals surface area (Å²) in [4.78, 5) is 14.8. The molecule has 3 nitrogen and oxygen atoms in total. The highest BCUT2D eigenvalue weighted by Gasteiger charge is 2.30. The summed E-state index contributed by atoms with van der Waals surface area (Å²) in [5.74, 6) is 0.0447. The standard InChI is InChI=1S/C14H24N2OS/c1-6-14(5,8-15)13(17)16-10(3)12-7-9(2)18-11(12)4/h7,10H,6,8,15H2,1-5H3,(H,16,17). The van der Waals surface area contributed by atoms with E-state index in [4.69, 9.17) is 5.73 Å². The summed E-state index contributed by atoms with van der Waals surface area (Å²) in [7, 11) is 0. The van der Waals surface area contributed by atoms with Crippen molar-refractivity contribution in [2.75, 3.05) is 6.54 Å². The lowest BCUT2D eigenvalue weighted by molar-refractivity contribution is -0.130. The summed E-state index contributed by atoms with van der Waals surface area (Å²) >= 11 is 1.77. The second-order valence-corrected chi connectivity index (χ2v) is 6.64. The topological polar surface area (TPSA) is 55.1 Å². The number of amides is 1. The molecule has 0 aliphatic rings. The molecule has 1 aromatic heterocycles. The van der Waals surface area contributed by atoms with Crippen LogP contribution >= 0.6 is 11.3 Å². The summed E-state index contributed by atoms with van der Waals surface area (Å²) in [5.41, 5.74) is 6.45. The Balaban J connectivity index is 2.79. The van der Waals surface area contributed by atoms with Gasteiger partial charge in [-0.1, -0.05) is 6.92 Å². The van der Waals surface area contributed by atoms with Crippen molar-refractivity contribution < 1.29 is 4.79 Å². The largest absolute Gasteiger partial charge is 0.349 e. The van der Waals surface area contributed by atoms with Crippen molar-refractivity contribution >= 4 is 17.2 Å². The molecule has 4 heteroatoms. The van der Waals surface area contributed by atoms with Gasteiger partial charge in [-0.15, -0.1) is 11.3 Å². The van der Waals surface area contributed by atoms with Crippen LogP contribution in [-0.2, 0) is 4.79 Å². The van der Waals surface area contributed by atoms with Gasteiger partial charge in [-0.05, 0) is 45.7 Å². The fourth-order valence-electron chi connectivity index (χ4n) is 1.93. The summed E-state index contributed by atoms with van der Waals surface area (Å²) < 4.78 is 0. The Kier molecular flexibility index (Phi) is 4.93. The molecule has 0 saturated carbocycles. The molecule has 3 N–H and O–H groups in total. The Labute approximate surface area is 114 Å². The molecule has 102 valence electrons. The van der Waals surface area contributed by atoms with Gasteiger partial charge in [0.1, 0.15) is 0 Å². The average molecular weight is 268 g/mol. The minimum atomic E-state index is -0.465. The minimum Gasteiger partial charge on any atom is -0.349 e. The Morgan fingerprint density at radius 2 is 2.17 bits per heavy atom. The molecular formula is C14H24N2OS. The summed E-state index contributed by atoms with van der Waals surface area (Å²) in [6, 6.07) is 2.19. The van der Waals surface area contributed by atoms with Crippen LogP contribution in [-0.4, -0.2) is 12.5 Å². The first-order valence-corrected chi connectivity index (χ1v) is 7.23. The number of hydrogen-bond acceptors (Lipinski definition) is 3. The lowest BCUT2D eigenvalue weighted by Crippen LogP contribution is -2.44. The van der Waals surface area contributed by atoms with Crippen LogP contribution in [0.5, 0.6) is 0 Å². The second kappa shape index (κ2) is 5.85. The lowest BCUT2D eigenvalue weighted by Gasteiger charge is -2.27. The number of nitrogens with one attached hydrogen (secondary N) is 1. The Hall–Kier alpha value is -0.870. The van der Waals surface area contributed by atoms with Crippen LogP contribution in [0.15, 0.2) is 6.07 Å². The zero-order valence-electron chi connectivity index (χ0n) is 12.0. The van der Waals surface area contributed by atoms with Gasteiger partial charge in [-0.3, -0.25) is 4.79 Å². The number of rotatable bonds is 5. The zero-order valence-corrected chi connectivity index (χ0v) is 12.8. The van der Waals surface area contributed by atoms with Crippen molar-refractivity contribution in [3.05, 3.63) is 21.4 Å². The van der Waals surface area contributed by atoms with Crippen LogP contribution in [0.4, 0.5) is 0 Å². The van der Waals surface area contributed by atoms with E-state index in [2.05, 4.69) is 25.2 Å². The molecule has 0 radical (unpaired) electrons. The summed E-state index contributed by atoms with van der Waals surface area (Å²) in [6.45, 7) is 10.5. The second-order valence-electron chi connectivity index (χ2n) is 5.18. The van der Waals surface area contributed by atoms with Crippen LogP contribution in [0.2, 0.25) is 0 Å². The normalized spacial score (nSPS) is 16.1. The predicted octanol–water partition coefficient (Wildman–Crippen LogP) is 2.92. The van der Waals surface area contributed by atoms with Gasteiger partial charge in [0.15, 0.2) is 0 Å². The van der Waals surface area contributed by atoms with Gasteiger partial charge in [-0.2, -0.15) is 0 Å². The van der Waals surface area contributed by atoms with Gasteiger partial charge >= 0.3 is 0 Å². The number of nitrogens with two attached hydrogens (primary N) is 1. The predicted molar refractivity (Wildman–Crippen MR) is 77.8 cm³/mol. The number of carbonyl (C=O) groups is 1. The Bertz CT molecular complexity index is 421. The number of carbonyl (C=O) groups excluding carboxylic acids is 1. The van der Waals surface area contributed by atoms with Crippen molar-refractivity contribution in [2.45, 2.75) is 47.1 Å². The van der Waals surface area contributed by atoms with E-state index >= 15 is 0 Å². The van der Waals surface area contributed by atoms with E-state index in [0.29, 0.717) is 6.54 Å². The quantitative estimate of drug-likeness (QED) is 0.862. The molecule has 0 aromatic carbocycles. The van der Waals surface area contributed by atoms with Crippen LogP contribution in [0.3, 0.4) is 0 Å². The van der Waals surface area contributed by atoms with E-state index in [-0.39, 0.29) is 11.9 Å². The molecule has 1 amide bonds. The van der Waals surface area contributed by atoms with Gasteiger partial charge in [0.2, 0.25) is 5.91 Å². The minimum absolute atomic E-state index is 0.0416. The van der Waals surface area contributed by atoms with Crippen molar-refractivity contribution in [3.8, 4) is 0 Å².